The lowest BCUT2D eigenvalue weighted by atomic mass is 10.1. The first-order valence-electron chi connectivity index (χ1n) is 5.86. The number of nitrogens with one attached hydrogen (secondary N) is 1. The molecule has 2 aromatic heterocycles. The quantitative estimate of drug-likeness (QED) is 0.894. The Morgan fingerprint density at radius 1 is 1.22 bits per heavy atom. The van der Waals surface area contributed by atoms with Gasteiger partial charge in [-0.2, -0.15) is 0 Å². The van der Waals surface area contributed by atoms with Crippen LogP contribution in [0.25, 0.3) is 0 Å². The van der Waals surface area contributed by atoms with Gasteiger partial charge in [-0.3, -0.25) is 9.78 Å². The van der Waals surface area contributed by atoms with Crippen molar-refractivity contribution < 1.29 is 4.79 Å². The van der Waals surface area contributed by atoms with Crippen molar-refractivity contribution in [1.82, 2.24) is 9.97 Å². The predicted octanol–water partition coefficient (Wildman–Crippen LogP) is 2.36. The molecule has 0 aliphatic carbocycles. The number of hydrogen-bond donors (Lipinski definition) is 1. The van der Waals surface area contributed by atoms with Gasteiger partial charge in [-0.05, 0) is 43.2 Å². The SMILES string of the molecule is Cc1cccc(NC(=O)CCc2ccncc2)n1. The second-order valence-corrected chi connectivity index (χ2v) is 4.07. The molecule has 0 fully saturated rings. The fourth-order valence-corrected chi connectivity index (χ4v) is 1.63. The molecule has 4 heteroatoms. The molecule has 0 saturated heterocycles. The number of anilines is 1. The summed E-state index contributed by atoms with van der Waals surface area (Å²) >= 11 is 0. The van der Waals surface area contributed by atoms with Gasteiger partial charge in [0, 0.05) is 24.5 Å². The maximum absolute atomic E-state index is 11.7. The van der Waals surface area contributed by atoms with E-state index in [0.717, 1.165) is 11.3 Å². The summed E-state index contributed by atoms with van der Waals surface area (Å²) in [5.41, 5.74) is 2.00. The second kappa shape index (κ2) is 5.91. The molecule has 1 amide bonds. The Labute approximate surface area is 106 Å². The number of rotatable bonds is 4. The molecule has 0 atom stereocenters. The van der Waals surface area contributed by atoms with Gasteiger partial charge in [0.2, 0.25) is 5.91 Å². The van der Waals surface area contributed by atoms with Crippen molar-refractivity contribution in [2.75, 3.05) is 5.32 Å². The van der Waals surface area contributed by atoms with Crippen LogP contribution < -0.4 is 5.32 Å². The lowest BCUT2D eigenvalue weighted by Crippen LogP contribution is -2.13. The Bertz CT molecular complexity index is 526. The Morgan fingerprint density at radius 2 is 2.00 bits per heavy atom. The Kier molecular flexibility index (Phi) is 4.02. The predicted molar refractivity (Wildman–Crippen MR) is 70.2 cm³/mol. The number of hydrogen-bond acceptors (Lipinski definition) is 3. The maximum atomic E-state index is 11.7. The Balaban J connectivity index is 1.86. The lowest BCUT2D eigenvalue weighted by molar-refractivity contribution is -0.116. The van der Waals surface area contributed by atoms with Gasteiger partial charge in [-0.25, -0.2) is 4.98 Å². The number of pyridine rings is 2. The average Bonchev–Trinajstić information content (AvgIpc) is 2.38. The highest BCUT2D eigenvalue weighted by atomic mass is 16.1. The number of aromatic nitrogens is 2. The van der Waals surface area contributed by atoms with Gasteiger partial charge < -0.3 is 5.32 Å². The van der Waals surface area contributed by atoms with Crippen molar-refractivity contribution in [3.63, 3.8) is 0 Å². The molecule has 1 N–H and O–H groups in total. The fraction of sp³-hybridized carbons (Fsp3) is 0.214. The van der Waals surface area contributed by atoms with Crippen LogP contribution >= 0.6 is 0 Å². The van der Waals surface area contributed by atoms with Crippen LogP contribution in [0.4, 0.5) is 5.82 Å². The summed E-state index contributed by atoms with van der Waals surface area (Å²) in [6.07, 6.45) is 4.62. The zero-order chi connectivity index (χ0) is 12.8. The molecule has 0 aliphatic heterocycles. The topological polar surface area (TPSA) is 54.9 Å². The monoisotopic (exact) mass is 241 g/mol. The summed E-state index contributed by atoms with van der Waals surface area (Å²) in [6, 6.07) is 9.39. The normalized spacial score (nSPS) is 10.1. The van der Waals surface area contributed by atoms with Crippen molar-refractivity contribution in [3.8, 4) is 0 Å². The van der Waals surface area contributed by atoms with Crippen molar-refractivity contribution in [1.29, 1.82) is 0 Å². The van der Waals surface area contributed by atoms with Crippen LogP contribution in [0, 0.1) is 6.92 Å². The zero-order valence-electron chi connectivity index (χ0n) is 10.3. The molecule has 0 spiro atoms. The summed E-state index contributed by atoms with van der Waals surface area (Å²) in [6.45, 7) is 1.90. The van der Waals surface area contributed by atoms with Crippen molar-refractivity contribution >= 4 is 11.7 Å². The minimum absolute atomic E-state index is 0.0232. The summed E-state index contributed by atoms with van der Waals surface area (Å²) < 4.78 is 0. The van der Waals surface area contributed by atoms with E-state index in [9.17, 15) is 4.79 Å². The molecular formula is C14H15N3O. The lowest BCUT2D eigenvalue weighted by Gasteiger charge is -2.05. The molecule has 0 bridgehead atoms. The van der Waals surface area contributed by atoms with E-state index in [-0.39, 0.29) is 5.91 Å². The van der Waals surface area contributed by atoms with Gasteiger partial charge in [0.15, 0.2) is 0 Å². The molecule has 0 unspecified atom stereocenters. The Hall–Kier alpha value is -2.23. The standard InChI is InChI=1S/C14H15N3O/c1-11-3-2-4-13(16-11)17-14(18)6-5-12-7-9-15-10-8-12/h2-4,7-10H,5-6H2,1H3,(H,16,17,18). The largest absolute Gasteiger partial charge is 0.311 e. The molecule has 2 rings (SSSR count). The molecular weight excluding hydrogens is 226 g/mol. The molecule has 0 radical (unpaired) electrons. The third-order valence-corrected chi connectivity index (χ3v) is 2.55. The van der Waals surface area contributed by atoms with E-state index in [0.29, 0.717) is 18.7 Å². The van der Waals surface area contributed by atoms with Gasteiger partial charge in [0.1, 0.15) is 5.82 Å². The minimum atomic E-state index is -0.0232. The number of aryl methyl sites for hydroxylation is 2. The average molecular weight is 241 g/mol. The van der Waals surface area contributed by atoms with Crippen molar-refractivity contribution in [2.45, 2.75) is 19.8 Å². The van der Waals surface area contributed by atoms with Crippen LogP contribution in [-0.4, -0.2) is 15.9 Å². The van der Waals surface area contributed by atoms with Crippen molar-refractivity contribution in [3.05, 3.63) is 54.0 Å². The van der Waals surface area contributed by atoms with Crippen LogP contribution in [0.3, 0.4) is 0 Å². The molecule has 0 saturated carbocycles. The van der Waals surface area contributed by atoms with E-state index in [1.165, 1.54) is 0 Å². The third-order valence-electron chi connectivity index (χ3n) is 2.55. The van der Waals surface area contributed by atoms with Crippen LogP contribution in [-0.2, 0) is 11.2 Å². The zero-order valence-corrected chi connectivity index (χ0v) is 10.3. The van der Waals surface area contributed by atoms with Crippen LogP contribution in [0.1, 0.15) is 17.7 Å². The third kappa shape index (κ3) is 3.66. The minimum Gasteiger partial charge on any atom is -0.311 e. The summed E-state index contributed by atoms with van der Waals surface area (Å²) in [7, 11) is 0. The van der Waals surface area contributed by atoms with Crippen LogP contribution in [0.15, 0.2) is 42.7 Å². The van der Waals surface area contributed by atoms with Gasteiger partial charge in [-0.15, -0.1) is 0 Å². The number of amides is 1. The van der Waals surface area contributed by atoms with Crippen LogP contribution in [0.2, 0.25) is 0 Å². The molecule has 0 aromatic carbocycles. The highest BCUT2D eigenvalue weighted by Gasteiger charge is 2.03. The number of carbonyl (C=O) groups excluding carboxylic acids is 1. The first-order valence-corrected chi connectivity index (χ1v) is 5.86. The molecule has 92 valence electrons. The highest BCUT2D eigenvalue weighted by Crippen LogP contribution is 2.06. The van der Waals surface area contributed by atoms with E-state index < -0.39 is 0 Å². The second-order valence-electron chi connectivity index (χ2n) is 4.07. The van der Waals surface area contributed by atoms with E-state index >= 15 is 0 Å². The molecule has 0 aliphatic rings. The smallest absolute Gasteiger partial charge is 0.225 e. The van der Waals surface area contributed by atoms with E-state index in [2.05, 4.69) is 15.3 Å². The van der Waals surface area contributed by atoms with Crippen LogP contribution in [0.5, 0.6) is 0 Å². The van der Waals surface area contributed by atoms with Gasteiger partial charge in [0.05, 0.1) is 0 Å². The Morgan fingerprint density at radius 3 is 2.72 bits per heavy atom. The fourth-order valence-electron chi connectivity index (χ4n) is 1.63. The van der Waals surface area contributed by atoms with Gasteiger partial charge in [0.25, 0.3) is 0 Å². The first-order chi connectivity index (χ1) is 8.74. The van der Waals surface area contributed by atoms with E-state index in [1.54, 1.807) is 18.5 Å². The molecule has 2 heterocycles. The molecule has 4 nitrogen and oxygen atoms in total. The van der Waals surface area contributed by atoms with E-state index in [1.807, 2.05) is 31.2 Å². The summed E-state index contributed by atoms with van der Waals surface area (Å²) in [5, 5.41) is 2.79. The number of carbonyl (C=O) groups is 1. The van der Waals surface area contributed by atoms with Gasteiger partial charge in [-0.1, -0.05) is 6.07 Å². The highest BCUT2D eigenvalue weighted by molar-refractivity contribution is 5.89. The summed E-state index contributed by atoms with van der Waals surface area (Å²) in [4.78, 5) is 19.9. The number of nitrogens with zero attached hydrogens (tertiary/aromatic N) is 2. The van der Waals surface area contributed by atoms with E-state index in [4.69, 9.17) is 0 Å². The van der Waals surface area contributed by atoms with Gasteiger partial charge >= 0.3 is 0 Å². The first kappa shape index (κ1) is 12.2. The summed E-state index contributed by atoms with van der Waals surface area (Å²) in [5.74, 6) is 0.583. The molecule has 18 heavy (non-hydrogen) atoms. The maximum Gasteiger partial charge on any atom is 0.225 e. The van der Waals surface area contributed by atoms with Crippen molar-refractivity contribution in [2.24, 2.45) is 0 Å². The molecule has 2 aromatic rings.